The number of hydrogen-bond acceptors (Lipinski definition) is 14. The Labute approximate surface area is 306 Å². The minimum atomic E-state index is -1.91. The SMILES string of the molecule is CC(C)(C)[Si](C)(C)Oc1cccc(-c2nc(N3CCOCC3)c3scnc3n2)c1.Oc1cccc(-c2nc(N3CCOCC3)c3scnc3n2)c1. The van der Waals surface area contributed by atoms with Crippen LogP contribution in [0, 0.1) is 0 Å². The maximum atomic E-state index is 9.67. The van der Waals surface area contributed by atoms with Crippen molar-refractivity contribution in [2.45, 2.75) is 38.9 Å². The number of ether oxygens (including phenoxy) is 2. The van der Waals surface area contributed by atoms with E-state index >= 15 is 0 Å². The van der Waals surface area contributed by atoms with Gasteiger partial charge in [-0.1, -0.05) is 45.0 Å². The zero-order chi connectivity index (χ0) is 35.6. The second-order valence-electron chi connectivity index (χ2n) is 13.9. The van der Waals surface area contributed by atoms with Gasteiger partial charge in [-0.15, -0.1) is 22.7 Å². The first-order valence-corrected chi connectivity index (χ1v) is 21.7. The van der Waals surface area contributed by atoms with Gasteiger partial charge in [-0.2, -0.15) is 0 Å². The summed E-state index contributed by atoms with van der Waals surface area (Å²) in [4.78, 5) is 32.2. The topological polar surface area (TPSA) is 132 Å². The first-order valence-electron chi connectivity index (χ1n) is 17.0. The third-order valence-corrected chi connectivity index (χ3v) is 15.3. The molecule has 0 aliphatic carbocycles. The van der Waals surface area contributed by atoms with Gasteiger partial charge < -0.3 is 28.8 Å². The molecule has 6 aromatic rings. The number of thiazole rings is 2. The van der Waals surface area contributed by atoms with Crippen LogP contribution in [-0.4, -0.2) is 95.9 Å². The Bertz CT molecular complexity index is 2120. The van der Waals surface area contributed by atoms with Crippen LogP contribution in [0.2, 0.25) is 18.1 Å². The lowest BCUT2D eigenvalue weighted by Gasteiger charge is -2.36. The molecule has 0 bridgehead atoms. The molecule has 2 aromatic carbocycles. The molecular formula is C36H42N8O4S2Si. The number of phenolic OH excluding ortho intramolecular Hbond substituents is 1. The molecule has 4 aromatic heterocycles. The Balaban J connectivity index is 0.000000165. The molecule has 12 nitrogen and oxygen atoms in total. The van der Waals surface area contributed by atoms with Crippen molar-refractivity contribution in [3.8, 4) is 34.3 Å². The number of rotatable bonds is 6. The number of benzene rings is 2. The van der Waals surface area contributed by atoms with Crippen LogP contribution in [0.1, 0.15) is 20.8 Å². The molecular weight excluding hydrogens is 701 g/mol. The van der Waals surface area contributed by atoms with Crippen molar-refractivity contribution in [1.29, 1.82) is 0 Å². The highest BCUT2D eigenvalue weighted by molar-refractivity contribution is 7.17. The van der Waals surface area contributed by atoms with E-state index in [9.17, 15) is 5.11 Å². The Morgan fingerprint density at radius 2 is 1.20 bits per heavy atom. The summed E-state index contributed by atoms with van der Waals surface area (Å²) in [6.07, 6.45) is 0. The fourth-order valence-electron chi connectivity index (χ4n) is 5.53. The van der Waals surface area contributed by atoms with E-state index in [0.717, 1.165) is 83.0 Å². The number of anilines is 2. The van der Waals surface area contributed by atoms with Gasteiger partial charge in [-0.3, -0.25) is 0 Å². The summed E-state index contributed by atoms with van der Waals surface area (Å²) in [5, 5.41) is 9.81. The molecule has 1 N–H and O–H groups in total. The number of fused-ring (bicyclic) bond motifs is 2. The third kappa shape index (κ3) is 7.82. The van der Waals surface area contributed by atoms with Gasteiger partial charge >= 0.3 is 0 Å². The van der Waals surface area contributed by atoms with Crippen LogP contribution in [0.5, 0.6) is 11.5 Å². The maximum absolute atomic E-state index is 9.67. The van der Waals surface area contributed by atoms with Crippen molar-refractivity contribution in [2.24, 2.45) is 0 Å². The van der Waals surface area contributed by atoms with Crippen molar-refractivity contribution < 1.29 is 19.0 Å². The molecule has 2 saturated heterocycles. The predicted molar refractivity (Wildman–Crippen MR) is 207 cm³/mol. The van der Waals surface area contributed by atoms with Gasteiger partial charge in [0.15, 0.2) is 34.6 Å². The van der Waals surface area contributed by atoms with E-state index in [-0.39, 0.29) is 10.8 Å². The summed E-state index contributed by atoms with van der Waals surface area (Å²) in [6, 6.07) is 15.1. The fourth-order valence-corrected chi connectivity index (χ4v) is 8.03. The largest absolute Gasteiger partial charge is 0.543 e. The molecule has 0 unspecified atom stereocenters. The molecule has 15 heteroatoms. The van der Waals surface area contributed by atoms with Gasteiger partial charge in [0.25, 0.3) is 0 Å². The van der Waals surface area contributed by atoms with E-state index in [1.807, 2.05) is 29.8 Å². The van der Waals surface area contributed by atoms with Crippen LogP contribution < -0.4 is 14.2 Å². The lowest BCUT2D eigenvalue weighted by Crippen LogP contribution is -2.43. The monoisotopic (exact) mass is 742 g/mol. The molecule has 0 atom stereocenters. The summed E-state index contributed by atoms with van der Waals surface area (Å²) in [5.41, 5.74) is 6.80. The predicted octanol–water partition coefficient (Wildman–Crippen LogP) is 7.27. The molecule has 8 rings (SSSR count). The van der Waals surface area contributed by atoms with Gasteiger partial charge in [-0.05, 0) is 42.4 Å². The van der Waals surface area contributed by atoms with E-state index in [1.165, 1.54) is 0 Å². The number of phenols is 1. The zero-order valence-corrected chi connectivity index (χ0v) is 32.1. The summed E-state index contributed by atoms with van der Waals surface area (Å²) >= 11 is 3.13. The van der Waals surface area contributed by atoms with E-state index in [4.69, 9.17) is 28.9 Å². The fraction of sp³-hybridized carbons (Fsp3) is 0.389. The maximum Gasteiger partial charge on any atom is 0.250 e. The minimum Gasteiger partial charge on any atom is -0.543 e. The van der Waals surface area contributed by atoms with Gasteiger partial charge in [-0.25, -0.2) is 29.9 Å². The number of morpholine rings is 2. The van der Waals surface area contributed by atoms with Crippen molar-refractivity contribution in [1.82, 2.24) is 29.9 Å². The number of nitrogens with zero attached hydrogens (tertiary/aromatic N) is 8. The van der Waals surface area contributed by atoms with Crippen molar-refractivity contribution in [3.63, 3.8) is 0 Å². The lowest BCUT2D eigenvalue weighted by atomic mass is 10.2. The van der Waals surface area contributed by atoms with Crippen LogP contribution in [-0.2, 0) is 9.47 Å². The Morgan fingerprint density at radius 1 is 0.706 bits per heavy atom. The van der Waals surface area contributed by atoms with Crippen molar-refractivity contribution in [3.05, 3.63) is 59.6 Å². The molecule has 2 aliphatic rings. The van der Waals surface area contributed by atoms with Gasteiger partial charge in [0.2, 0.25) is 8.32 Å². The first-order chi connectivity index (χ1) is 24.6. The lowest BCUT2D eigenvalue weighted by molar-refractivity contribution is 0.122. The molecule has 6 heterocycles. The first kappa shape index (κ1) is 35.1. The van der Waals surface area contributed by atoms with E-state index in [2.05, 4.69) is 64.7 Å². The Hall–Kier alpha value is -4.28. The van der Waals surface area contributed by atoms with Gasteiger partial charge in [0.05, 0.1) is 37.4 Å². The molecule has 2 fully saturated rings. The van der Waals surface area contributed by atoms with Gasteiger partial charge in [0, 0.05) is 37.3 Å². The smallest absolute Gasteiger partial charge is 0.250 e. The molecule has 0 saturated carbocycles. The highest BCUT2D eigenvalue weighted by atomic mass is 32.1. The molecule has 0 radical (unpaired) electrons. The standard InChI is InChI=1S/C21H28N4O2SSi.C15H14N4O2S/c1-21(2,3)29(4,5)27-16-8-6-7-15(13-16)18-23-19-17(28-14-22-19)20(24-18)25-9-11-26-12-10-25;20-11-3-1-2-10(8-11)13-17-14-12(22-9-16-14)15(18-13)19-4-6-21-7-5-19/h6-8,13-14H,9-12H2,1-5H3;1-3,8-9,20H,4-7H2. The van der Waals surface area contributed by atoms with E-state index < -0.39 is 8.32 Å². The minimum absolute atomic E-state index is 0.141. The second kappa shape index (κ2) is 14.8. The molecule has 0 spiro atoms. The number of hydrogen-bond donors (Lipinski definition) is 1. The Kier molecular flexibility index (Phi) is 10.2. The van der Waals surface area contributed by atoms with Crippen LogP contribution in [0.25, 0.3) is 43.5 Å². The number of aromatic nitrogens is 6. The van der Waals surface area contributed by atoms with Crippen molar-refractivity contribution in [2.75, 3.05) is 62.4 Å². The van der Waals surface area contributed by atoms with Crippen molar-refractivity contribution >= 4 is 63.3 Å². The third-order valence-electron chi connectivity index (χ3n) is 9.35. The van der Waals surface area contributed by atoms with Crippen LogP contribution in [0.4, 0.5) is 11.6 Å². The molecule has 0 amide bonds. The quantitative estimate of drug-likeness (QED) is 0.172. The van der Waals surface area contributed by atoms with Crippen LogP contribution >= 0.6 is 22.7 Å². The van der Waals surface area contributed by atoms with E-state index in [1.54, 1.807) is 46.4 Å². The molecule has 266 valence electrons. The van der Waals surface area contributed by atoms with Crippen LogP contribution in [0.3, 0.4) is 0 Å². The molecule has 51 heavy (non-hydrogen) atoms. The average molecular weight is 743 g/mol. The Morgan fingerprint density at radius 3 is 1.69 bits per heavy atom. The van der Waals surface area contributed by atoms with E-state index in [0.29, 0.717) is 30.5 Å². The summed E-state index contributed by atoms with van der Waals surface area (Å²) in [5.74, 6) is 4.19. The highest BCUT2D eigenvalue weighted by Gasteiger charge is 2.39. The molecule has 2 aliphatic heterocycles. The summed E-state index contributed by atoms with van der Waals surface area (Å²) in [6.45, 7) is 17.4. The second-order valence-corrected chi connectivity index (χ2v) is 20.3. The van der Waals surface area contributed by atoms with Crippen LogP contribution in [0.15, 0.2) is 59.6 Å². The summed E-state index contributed by atoms with van der Waals surface area (Å²) in [7, 11) is -1.91. The normalized spacial score (nSPS) is 15.5. The van der Waals surface area contributed by atoms with Gasteiger partial charge in [0.1, 0.15) is 20.9 Å². The average Bonchev–Trinajstić information content (AvgIpc) is 3.81. The zero-order valence-electron chi connectivity index (χ0n) is 29.5. The number of aromatic hydroxyl groups is 1. The summed E-state index contributed by atoms with van der Waals surface area (Å²) < 4.78 is 19.4. The highest BCUT2D eigenvalue weighted by Crippen LogP contribution is 2.38.